The predicted molar refractivity (Wildman–Crippen MR) is 102 cm³/mol. The number of guanidine groups is 1. The Bertz CT molecular complexity index is 480. The lowest BCUT2D eigenvalue weighted by Crippen LogP contribution is -2.57. The molecule has 0 spiro atoms. The van der Waals surface area contributed by atoms with Crippen LogP contribution in [0, 0.1) is 11.8 Å². The van der Waals surface area contributed by atoms with Gasteiger partial charge in [-0.1, -0.05) is 6.92 Å². The molecule has 0 aromatic heterocycles. The normalized spacial score (nSPS) is 29.0. The van der Waals surface area contributed by atoms with E-state index in [-0.39, 0.29) is 6.04 Å². The Morgan fingerprint density at radius 1 is 1.12 bits per heavy atom. The van der Waals surface area contributed by atoms with Gasteiger partial charge in [0.15, 0.2) is 5.96 Å². The van der Waals surface area contributed by atoms with Gasteiger partial charge in [-0.25, -0.2) is 0 Å². The quantitative estimate of drug-likeness (QED) is 0.599. The van der Waals surface area contributed by atoms with Gasteiger partial charge in [0.2, 0.25) is 5.91 Å². The molecule has 1 aliphatic carbocycles. The van der Waals surface area contributed by atoms with Crippen LogP contribution in [0.5, 0.6) is 0 Å². The van der Waals surface area contributed by atoms with Gasteiger partial charge in [-0.15, -0.1) is 0 Å². The maximum absolute atomic E-state index is 12.6. The molecule has 25 heavy (non-hydrogen) atoms. The van der Waals surface area contributed by atoms with Crippen LogP contribution in [-0.4, -0.2) is 85.0 Å². The van der Waals surface area contributed by atoms with Crippen LogP contribution in [0.1, 0.15) is 40.0 Å². The summed E-state index contributed by atoms with van der Waals surface area (Å²) < 4.78 is 0. The second kappa shape index (κ2) is 8.39. The molecule has 2 aliphatic heterocycles. The summed E-state index contributed by atoms with van der Waals surface area (Å²) in [6.07, 6.45) is 3.65. The van der Waals surface area contributed by atoms with E-state index >= 15 is 0 Å². The van der Waals surface area contributed by atoms with Crippen LogP contribution < -0.4 is 5.32 Å². The predicted octanol–water partition coefficient (Wildman–Crippen LogP) is 1.24. The molecule has 1 N–H and O–H groups in total. The molecule has 2 saturated heterocycles. The second-order valence-corrected chi connectivity index (χ2v) is 7.90. The van der Waals surface area contributed by atoms with E-state index in [1.807, 2.05) is 4.90 Å². The zero-order valence-electron chi connectivity index (χ0n) is 16.2. The molecule has 1 amide bonds. The minimum absolute atomic E-state index is 0.00656. The number of hydrogen-bond acceptors (Lipinski definition) is 3. The number of likely N-dealkylation sites (tertiary alicyclic amines) is 1. The number of nitrogens with zero attached hydrogens (tertiary/aromatic N) is 4. The second-order valence-electron chi connectivity index (χ2n) is 7.90. The lowest BCUT2D eigenvalue weighted by atomic mass is 10.2. The molecule has 2 heterocycles. The van der Waals surface area contributed by atoms with Crippen LogP contribution in [0.2, 0.25) is 0 Å². The van der Waals surface area contributed by atoms with Crippen molar-refractivity contribution in [3.8, 4) is 0 Å². The van der Waals surface area contributed by atoms with E-state index in [4.69, 9.17) is 4.99 Å². The van der Waals surface area contributed by atoms with Gasteiger partial charge < -0.3 is 15.1 Å². The van der Waals surface area contributed by atoms with Crippen LogP contribution in [0.3, 0.4) is 0 Å². The summed E-state index contributed by atoms with van der Waals surface area (Å²) in [6.45, 7) is 14.0. The van der Waals surface area contributed by atoms with Crippen LogP contribution in [0.15, 0.2) is 4.99 Å². The van der Waals surface area contributed by atoms with Crippen molar-refractivity contribution in [3.05, 3.63) is 0 Å². The van der Waals surface area contributed by atoms with Gasteiger partial charge in [0.1, 0.15) is 0 Å². The Morgan fingerprint density at radius 2 is 1.76 bits per heavy atom. The van der Waals surface area contributed by atoms with Crippen molar-refractivity contribution in [2.24, 2.45) is 16.8 Å². The molecule has 3 atom stereocenters. The molecule has 0 radical (unpaired) electrons. The molecule has 6 heteroatoms. The number of aliphatic imine (C=N–C) groups is 1. The van der Waals surface area contributed by atoms with E-state index < -0.39 is 0 Å². The lowest BCUT2D eigenvalue weighted by molar-refractivity contribution is -0.135. The highest BCUT2D eigenvalue weighted by Crippen LogP contribution is 2.37. The molecule has 0 aromatic rings. The van der Waals surface area contributed by atoms with Crippen molar-refractivity contribution in [1.29, 1.82) is 0 Å². The van der Waals surface area contributed by atoms with E-state index in [0.717, 1.165) is 83.0 Å². The van der Waals surface area contributed by atoms with Crippen LogP contribution in [0.25, 0.3) is 0 Å². The lowest BCUT2D eigenvalue weighted by Gasteiger charge is -2.39. The van der Waals surface area contributed by atoms with Crippen molar-refractivity contribution in [3.63, 3.8) is 0 Å². The molecule has 1 saturated carbocycles. The Balaban J connectivity index is 1.49. The van der Waals surface area contributed by atoms with Gasteiger partial charge in [-0.3, -0.25) is 14.7 Å². The zero-order valence-corrected chi connectivity index (χ0v) is 16.2. The first-order valence-electron chi connectivity index (χ1n) is 10.2. The maximum Gasteiger partial charge on any atom is 0.239 e. The Labute approximate surface area is 152 Å². The Hall–Kier alpha value is -1.30. The highest BCUT2D eigenvalue weighted by atomic mass is 16.2. The third kappa shape index (κ3) is 4.66. The molecular formula is C19H35N5O. The molecule has 6 nitrogen and oxygen atoms in total. The molecule has 3 rings (SSSR count). The summed E-state index contributed by atoms with van der Waals surface area (Å²) in [7, 11) is 0. The van der Waals surface area contributed by atoms with E-state index in [1.165, 1.54) is 6.42 Å². The summed E-state index contributed by atoms with van der Waals surface area (Å²) in [6, 6.07) is 0.00656. The first-order chi connectivity index (χ1) is 12.1. The molecule has 3 fully saturated rings. The molecule has 142 valence electrons. The Morgan fingerprint density at radius 3 is 2.32 bits per heavy atom. The largest absolute Gasteiger partial charge is 0.357 e. The van der Waals surface area contributed by atoms with Gasteiger partial charge in [0, 0.05) is 52.4 Å². The smallest absolute Gasteiger partial charge is 0.239 e. The van der Waals surface area contributed by atoms with Gasteiger partial charge in [0.05, 0.1) is 6.04 Å². The molecule has 0 aromatic carbocycles. The molecule has 3 unspecified atom stereocenters. The fourth-order valence-corrected chi connectivity index (χ4v) is 3.96. The first-order valence-corrected chi connectivity index (χ1v) is 10.2. The summed E-state index contributed by atoms with van der Waals surface area (Å²) in [5.74, 6) is 3.00. The maximum atomic E-state index is 12.6. The number of nitrogens with one attached hydrogen (secondary N) is 1. The number of hydrogen-bond donors (Lipinski definition) is 1. The van der Waals surface area contributed by atoms with Crippen molar-refractivity contribution in [2.75, 3.05) is 52.4 Å². The van der Waals surface area contributed by atoms with Gasteiger partial charge in [0.25, 0.3) is 0 Å². The fourth-order valence-electron chi connectivity index (χ4n) is 3.96. The number of carbonyl (C=O) groups is 1. The third-order valence-corrected chi connectivity index (χ3v) is 6.02. The summed E-state index contributed by atoms with van der Waals surface area (Å²) in [5.41, 5.74) is 0. The van der Waals surface area contributed by atoms with Crippen molar-refractivity contribution in [1.82, 2.24) is 20.0 Å². The first kappa shape index (κ1) is 18.5. The zero-order chi connectivity index (χ0) is 17.8. The topological polar surface area (TPSA) is 51.2 Å². The van der Waals surface area contributed by atoms with Gasteiger partial charge in [-0.2, -0.15) is 0 Å². The minimum atomic E-state index is 0.00656. The standard InChI is InChI=1S/C19H35N5O/c1-4-20-19(21-14-17-13-15(17)2)24-11-9-22(10-12-24)16(3)18(25)23-7-5-6-8-23/h15-17H,4-14H2,1-3H3,(H,20,21). The highest BCUT2D eigenvalue weighted by Gasteiger charge is 2.33. The average molecular weight is 350 g/mol. The van der Waals surface area contributed by atoms with Crippen LogP contribution in [-0.2, 0) is 4.79 Å². The molecular weight excluding hydrogens is 314 g/mol. The van der Waals surface area contributed by atoms with Crippen LogP contribution in [0.4, 0.5) is 0 Å². The third-order valence-electron chi connectivity index (χ3n) is 6.02. The Kier molecular flexibility index (Phi) is 6.20. The number of carbonyl (C=O) groups excluding carboxylic acids is 1. The highest BCUT2D eigenvalue weighted by molar-refractivity contribution is 5.82. The van der Waals surface area contributed by atoms with Crippen molar-refractivity contribution < 1.29 is 4.79 Å². The monoisotopic (exact) mass is 349 g/mol. The summed E-state index contributed by atoms with van der Waals surface area (Å²) in [5, 5.41) is 3.44. The van der Waals surface area contributed by atoms with Gasteiger partial charge >= 0.3 is 0 Å². The van der Waals surface area contributed by atoms with Crippen LogP contribution >= 0.6 is 0 Å². The van der Waals surface area contributed by atoms with Gasteiger partial charge in [-0.05, 0) is 44.9 Å². The summed E-state index contributed by atoms with van der Waals surface area (Å²) >= 11 is 0. The van der Waals surface area contributed by atoms with E-state index in [9.17, 15) is 4.79 Å². The van der Waals surface area contributed by atoms with E-state index in [0.29, 0.717) is 5.91 Å². The summed E-state index contributed by atoms with van der Waals surface area (Å²) in [4.78, 5) is 24.2. The van der Waals surface area contributed by atoms with Crippen molar-refractivity contribution >= 4 is 11.9 Å². The number of rotatable bonds is 5. The van der Waals surface area contributed by atoms with E-state index in [2.05, 4.69) is 35.9 Å². The number of piperazine rings is 1. The molecule has 3 aliphatic rings. The number of amides is 1. The SMILES string of the molecule is CCNC(=NCC1CC1C)N1CCN(C(C)C(=O)N2CCCC2)CC1. The minimum Gasteiger partial charge on any atom is -0.357 e. The fraction of sp³-hybridized carbons (Fsp3) is 0.895. The van der Waals surface area contributed by atoms with E-state index in [1.54, 1.807) is 0 Å². The average Bonchev–Trinajstić information content (AvgIpc) is 3.11. The molecule has 0 bridgehead atoms. The van der Waals surface area contributed by atoms with Crippen molar-refractivity contribution in [2.45, 2.75) is 46.1 Å².